The van der Waals surface area contributed by atoms with Crippen molar-refractivity contribution in [2.45, 2.75) is 51.1 Å². The van der Waals surface area contributed by atoms with Crippen molar-refractivity contribution in [3.63, 3.8) is 0 Å². The number of nitrogens with two attached hydrogens (primary N) is 1. The van der Waals surface area contributed by atoms with Gasteiger partial charge in [0, 0.05) is 6.04 Å². The molecule has 2 heteroatoms. The zero-order chi connectivity index (χ0) is 16.3. The second-order valence-corrected chi connectivity index (χ2v) is 6.57. The van der Waals surface area contributed by atoms with Crippen LogP contribution < -0.4 is 11.1 Å². The molecule has 3 N–H and O–H groups in total. The molecule has 0 amide bonds. The van der Waals surface area contributed by atoms with Gasteiger partial charge in [0.15, 0.2) is 0 Å². The van der Waals surface area contributed by atoms with Gasteiger partial charge in [-0.25, -0.2) is 0 Å². The lowest BCUT2D eigenvalue weighted by Gasteiger charge is -2.39. The van der Waals surface area contributed by atoms with Crippen molar-refractivity contribution in [2.75, 3.05) is 6.54 Å². The van der Waals surface area contributed by atoms with Crippen molar-refractivity contribution in [2.24, 2.45) is 5.73 Å². The summed E-state index contributed by atoms with van der Waals surface area (Å²) in [7, 11) is 0. The molecule has 0 saturated carbocycles. The zero-order valence-electron chi connectivity index (χ0n) is 14.3. The van der Waals surface area contributed by atoms with Crippen molar-refractivity contribution in [1.29, 1.82) is 0 Å². The molecule has 122 valence electrons. The summed E-state index contributed by atoms with van der Waals surface area (Å²) in [6.45, 7) is 5.44. The number of unbranched alkanes of at least 4 members (excludes halogenated alkanes) is 1. The van der Waals surface area contributed by atoms with Crippen LogP contribution in [-0.4, -0.2) is 12.6 Å². The fourth-order valence-electron chi connectivity index (χ4n) is 3.98. The Kier molecular flexibility index (Phi) is 4.84. The van der Waals surface area contributed by atoms with E-state index in [4.69, 9.17) is 5.73 Å². The van der Waals surface area contributed by atoms with Crippen LogP contribution in [0.3, 0.4) is 0 Å². The average Bonchev–Trinajstić information content (AvgIpc) is 2.87. The van der Waals surface area contributed by atoms with Crippen molar-refractivity contribution in [3.05, 3.63) is 59.7 Å². The normalized spacial score (nSPS) is 16.0. The first-order valence-corrected chi connectivity index (χ1v) is 8.95. The van der Waals surface area contributed by atoms with E-state index in [1.807, 2.05) is 0 Å². The fourth-order valence-corrected chi connectivity index (χ4v) is 3.98. The highest BCUT2D eigenvalue weighted by atomic mass is 15.0. The van der Waals surface area contributed by atoms with Crippen LogP contribution in [0.4, 0.5) is 0 Å². The zero-order valence-corrected chi connectivity index (χ0v) is 14.3. The fraction of sp³-hybridized carbons (Fsp3) is 0.429. The predicted octanol–water partition coefficient (Wildman–Crippen LogP) is 4.43. The van der Waals surface area contributed by atoms with E-state index >= 15 is 0 Å². The molecule has 0 aliphatic heterocycles. The van der Waals surface area contributed by atoms with Gasteiger partial charge in [0.25, 0.3) is 0 Å². The largest absolute Gasteiger partial charge is 0.326 e. The van der Waals surface area contributed by atoms with Gasteiger partial charge in [-0.3, -0.25) is 0 Å². The smallest absolute Gasteiger partial charge is 0.0856 e. The maximum absolute atomic E-state index is 6.77. The summed E-state index contributed by atoms with van der Waals surface area (Å²) < 4.78 is 0. The number of nitrogens with one attached hydrogen (secondary N) is 1. The van der Waals surface area contributed by atoms with E-state index in [1.165, 1.54) is 35.1 Å². The SMILES string of the molecule is CCCCNC1(C(N)CCC)c2ccccc2-c2ccccc21. The van der Waals surface area contributed by atoms with Crippen molar-refractivity contribution < 1.29 is 0 Å². The Morgan fingerprint density at radius 3 is 2.00 bits per heavy atom. The van der Waals surface area contributed by atoms with E-state index in [-0.39, 0.29) is 11.6 Å². The number of hydrogen-bond donors (Lipinski definition) is 2. The molecule has 2 nitrogen and oxygen atoms in total. The van der Waals surface area contributed by atoms with Gasteiger partial charge in [0.1, 0.15) is 0 Å². The Labute approximate surface area is 140 Å². The van der Waals surface area contributed by atoms with Gasteiger partial charge in [-0.05, 0) is 41.6 Å². The minimum Gasteiger partial charge on any atom is -0.326 e. The molecule has 1 atom stereocenters. The van der Waals surface area contributed by atoms with Crippen LogP contribution in [0.2, 0.25) is 0 Å². The number of hydrogen-bond acceptors (Lipinski definition) is 2. The summed E-state index contributed by atoms with van der Waals surface area (Å²) >= 11 is 0. The maximum Gasteiger partial charge on any atom is 0.0856 e. The summed E-state index contributed by atoms with van der Waals surface area (Å²) in [6, 6.07) is 17.6. The highest BCUT2D eigenvalue weighted by Gasteiger charge is 2.46. The number of fused-ring (bicyclic) bond motifs is 3. The first-order chi connectivity index (χ1) is 11.3. The third kappa shape index (κ3) is 2.60. The lowest BCUT2D eigenvalue weighted by Crippen LogP contribution is -2.55. The summed E-state index contributed by atoms with van der Waals surface area (Å²) in [5, 5.41) is 3.87. The van der Waals surface area contributed by atoms with E-state index in [2.05, 4.69) is 67.7 Å². The highest BCUT2D eigenvalue weighted by Crippen LogP contribution is 2.49. The van der Waals surface area contributed by atoms with Crippen molar-refractivity contribution in [3.8, 4) is 11.1 Å². The lowest BCUT2D eigenvalue weighted by atomic mass is 9.79. The topological polar surface area (TPSA) is 38.0 Å². The molecule has 1 aliphatic rings. The van der Waals surface area contributed by atoms with E-state index in [0.717, 1.165) is 19.4 Å². The molecule has 3 rings (SSSR count). The van der Waals surface area contributed by atoms with Crippen LogP contribution in [-0.2, 0) is 5.54 Å². The minimum absolute atomic E-state index is 0.0779. The Balaban J connectivity index is 2.16. The number of rotatable bonds is 7. The standard InChI is InChI=1S/C21H28N2/c1-3-5-15-23-21(20(22)10-4-2)18-13-8-6-11-16(18)17-12-7-9-14-19(17)21/h6-9,11-14,20,23H,3-5,10,15,22H2,1-2H3. The van der Waals surface area contributed by atoms with Crippen LogP contribution >= 0.6 is 0 Å². The van der Waals surface area contributed by atoms with Crippen LogP contribution in [0, 0.1) is 0 Å². The molecule has 0 saturated heterocycles. The molecule has 0 aromatic heterocycles. The second kappa shape index (κ2) is 6.86. The molecule has 0 fully saturated rings. The predicted molar refractivity (Wildman–Crippen MR) is 98.5 cm³/mol. The number of benzene rings is 2. The third-order valence-corrected chi connectivity index (χ3v) is 5.08. The molecule has 2 aromatic carbocycles. The molecule has 1 aliphatic carbocycles. The summed E-state index contributed by atoms with van der Waals surface area (Å²) in [6.07, 6.45) is 4.48. The first kappa shape index (κ1) is 16.2. The molecule has 0 spiro atoms. The van der Waals surface area contributed by atoms with E-state index in [9.17, 15) is 0 Å². The Morgan fingerprint density at radius 2 is 1.48 bits per heavy atom. The first-order valence-electron chi connectivity index (χ1n) is 8.95. The summed E-state index contributed by atoms with van der Waals surface area (Å²) in [4.78, 5) is 0. The van der Waals surface area contributed by atoms with E-state index in [1.54, 1.807) is 0 Å². The molecule has 2 aromatic rings. The highest BCUT2D eigenvalue weighted by molar-refractivity contribution is 5.81. The van der Waals surface area contributed by atoms with Crippen LogP contribution in [0.1, 0.15) is 50.7 Å². The molecule has 0 radical (unpaired) electrons. The van der Waals surface area contributed by atoms with Crippen LogP contribution in [0.5, 0.6) is 0 Å². The van der Waals surface area contributed by atoms with Crippen molar-refractivity contribution in [1.82, 2.24) is 5.32 Å². The molecule has 0 heterocycles. The van der Waals surface area contributed by atoms with Crippen LogP contribution in [0.25, 0.3) is 11.1 Å². The van der Waals surface area contributed by atoms with Gasteiger partial charge < -0.3 is 11.1 Å². The van der Waals surface area contributed by atoms with Gasteiger partial charge in [-0.15, -0.1) is 0 Å². The van der Waals surface area contributed by atoms with Crippen LogP contribution in [0.15, 0.2) is 48.5 Å². The molecule has 0 bridgehead atoms. The molecule has 23 heavy (non-hydrogen) atoms. The molecular weight excluding hydrogens is 280 g/mol. The molecular formula is C21H28N2. The third-order valence-electron chi connectivity index (χ3n) is 5.08. The van der Waals surface area contributed by atoms with Gasteiger partial charge in [-0.1, -0.05) is 75.2 Å². The minimum atomic E-state index is -0.252. The quantitative estimate of drug-likeness (QED) is 0.743. The monoisotopic (exact) mass is 308 g/mol. The maximum atomic E-state index is 6.77. The van der Waals surface area contributed by atoms with Gasteiger partial charge in [0.2, 0.25) is 0 Å². The van der Waals surface area contributed by atoms with Gasteiger partial charge in [-0.2, -0.15) is 0 Å². The average molecular weight is 308 g/mol. The van der Waals surface area contributed by atoms with Gasteiger partial charge >= 0.3 is 0 Å². The van der Waals surface area contributed by atoms with E-state index < -0.39 is 0 Å². The summed E-state index contributed by atoms with van der Waals surface area (Å²) in [5.41, 5.74) is 11.9. The Hall–Kier alpha value is -1.64. The second-order valence-electron chi connectivity index (χ2n) is 6.57. The Bertz CT molecular complexity index is 617. The van der Waals surface area contributed by atoms with Crippen molar-refractivity contribution >= 4 is 0 Å². The van der Waals surface area contributed by atoms with E-state index in [0.29, 0.717) is 0 Å². The summed E-state index contributed by atoms with van der Waals surface area (Å²) in [5.74, 6) is 0. The molecule has 1 unspecified atom stereocenters. The van der Waals surface area contributed by atoms with Gasteiger partial charge in [0.05, 0.1) is 5.54 Å². The lowest BCUT2D eigenvalue weighted by molar-refractivity contribution is 0.317. The Morgan fingerprint density at radius 1 is 0.913 bits per heavy atom.